The van der Waals surface area contributed by atoms with Gasteiger partial charge in [0.2, 0.25) is 21.4 Å². The molecule has 0 radical (unpaired) electrons. The summed E-state index contributed by atoms with van der Waals surface area (Å²) < 4.78 is 29.8. The molecule has 1 N–H and O–H groups in total. The van der Waals surface area contributed by atoms with Gasteiger partial charge in [-0.15, -0.1) is 0 Å². The Hall–Kier alpha value is -2.45. The molecule has 9 heteroatoms. The first-order chi connectivity index (χ1) is 10.7. The maximum atomic E-state index is 12.5. The number of rotatable bonds is 6. The van der Waals surface area contributed by atoms with Gasteiger partial charge in [-0.1, -0.05) is 11.6 Å². The van der Waals surface area contributed by atoms with E-state index in [9.17, 15) is 22.8 Å². The minimum atomic E-state index is -4.08. The maximum absolute atomic E-state index is 12.5. The number of halogens is 1. The van der Waals surface area contributed by atoms with Crippen molar-refractivity contribution in [2.45, 2.75) is 16.2 Å². The van der Waals surface area contributed by atoms with Gasteiger partial charge in [0.25, 0.3) is 0 Å². The van der Waals surface area contributed by atoms with Crippen molar-refractivity contribution in [2.24, 2.45) is 0 Å². The molecule has 0 aliphatic heterocycles. The zero-order valence-electron chi connectivity index (χ0n) is 11.4. The van der Waals surface area contributed by atoms with E-state index in [4.69, 9.17) is 21.1 Å². The third kappa shape index (κ3) is 3.49. The summed E-state index contributed by atoms with van der Waals surface area (Å²) in [5, 5.41) is 8.83. The molecule has 0 atom stereocenters. The zero-order chi connectivity index (χ0) is 17.2. The number of carboxylic acids is 1. The highest BCUT2D eigenvalue weighted by atomic mass is 35.5. The molecule has 0 spiro atoms. The first-order valence-electron chi connectivity index (χ1n) is 6.11. The van der Waals surface area contributed by atoms with Crippen LogP contribution in [0.5, 0.6) is 0 Å². The summed E-state index contributed by atoms with van der Waals surface area (Å²) in [6.07, 6.45) is -0.0206. The van der Waals surface area contributed by atoms with E-state index in [1.54, 1.807) is 0 Å². The third-order valence-electron chi connectivity index (χ3n) is 2.86. The molecule has 23 heavy (non-hydrogen) atoms. The third-order valence-corrected chi connectivity index (χ3v) is 4.90. The fourth-order valence-corrected chi connectivity index (χ4v) is 3.27. The first-order valence-corrected chi connectivity index (χ1v) is 7.97. The van der Waals surface area contributed by atoms with Gasteiger partial charge in [-0.3, -0.25) is 9.59 Å². The summed E-state index contributed by atoms with van der Waals surface area (Å²) in [6.45, 7) is 0. The average molecular weight is 357 g/mol. The van der Waals surface area contributed by atoms with E-state index in [1.165, 1.54) is 24.3 Å². The van der Waals surface area contributed by atoms with Crippen molar-refractivity contribution >= 4 is 39.0 Å². The monoisotopic (exact) mass is 356 g/mol. The highest BCUT2D eigenvalue weighted by molar-refractivity contribution is 7.91. The highest BCUT2D eigenvalue weighted by Gasteiger charge is 2.29. The van der Waals surface area contributed by atoms with Crippen LogP contribution in [0.15, 0.2) is 50.8 Å². The predicted octanol–water partition coefficient (Wildman–Crippen LogP) is 1.99. The van der Waals surface area contributed by atoms with E-state index in [-0.39, 0.29) is 4.90 Å². The van der Waals surface area contributed by atoms with Crippen LogP contribution in [0, 0.1) is 0 Å². The smallest absolute Gasteiger partial charge is 0.372 e. The molecule has 0 saturated heterocycles. The van der Waals surface area contributed by atoms with E-state index >= 15 is 0 Å². The van der Waals surface area contributed by atoms with Gasteiger partial charge >= 0.3 is 5.97 Å². The lowest BCUT2D eigenvalue weighted by atomic mass is 10.1. The fourth-order valence-electron chi connectivity index (χ4n) is 1.75. The van der Waals surface area contributed by atoms with Gasteiger partial charge in [-0.2, -0.15) is 0 Å². The molecule has 0 amide bonds. The first kappa shape index (κ1) is 16.9. The van der Waals surface area contributed by atoms with Gasteiger partial charge in [0.05, 0.1) is 17.6 Å². The number of aliphatic carboxylic acids is 1. The molecule has 120 valence electrons. The van der Waals surface area contributed by atoms with Gasteiger partial charge < -0.3 is 9.52 Å². The van der Waals surface area contributed by atoms with Crippen LogP contribution in [0.25, 0.3) is 0 Å². The van der Waals surface area contributed by atoms with E-state index in [2.05, 4.69) is 0 Å². The summed E-state index contributed by atoms with van der Waals surface area (Å²) in [6, 6.07) is 6.29. The summed E-state index contributed by atoms with van der Waals surface area (Å²) in [4.78, 5) is 32.9. The minimum absolute atomic E-state index is 0.123. The van der Waals surface area contributed by atoms with Crippen molar-refractivity contribution in [1.82, 2.24) is 0 Å². The van der Waals surface area contributed by atoms with Gasteiger partial charge in [0, 0.05) is 5.02 Å². The molecule has 0 fully saturated rings. The normalized spacial score (nSPS) is 11.2. The lowest BCUT2D eigenvalue weighted by Crippen LogP contribution is -2.18. The van der Waals surface area contributed by atoms with E-state index in [0.29, 0.717) is 5.02 Å². The molecule has 1 heterocycles. The van der Waals surface area contributed by atoms with Crippen LogP contribution in [0.2, 0.25) is 5.02 Å². The number of sulfone groups is 1. The Labute approximate surface area is 135 Å². The van der Waals surface area contributed by atoms with Crippen molar-refractivity contribution in [3.05, 3.63) is 47.4 Å². The SMILES string of the molecule is O=C(O)C(=O)CC(=O)c1occc1S(=O)(=O)c1ccc(Cl)cc1. The molecule has 0 aliphatic carbocycles. The number of furan rings is 1. The molecular weight excluding hydrogens is 348 g/mol. The Morgan fingerprint density at radius 3 is 2.26 bits per heavy atom. The molecule has 2 rings (SSSR count). The fraction of sp³-hybridized carbons (Fsp3) is 0.0714. The van der Waals surface area contributed by atoms with Crippen molar-refractivity contribution in [1.29, 1.82) is 0 Å². The number of benzene rings is 1. The van der Waals surface area contributed by atoms with E-state index < -0.39 is 44.4 Å². The van der Waals surface area contributed by atoms with Crippen molar-refractivity contribution in [3.8, 4) is 0 Å². The molecule has 2 aromatic rings. The van der Waals surface area contributed by atoms with E-state index in [1.807, 2.05) is 0 Å². The van der Waals surface area contributed by atoms with Crippen LogP contribution in [-0.4, -0.2) is 31.1 Å². The van der Waals surface area contributed by atoms with Crippen LogP contribution in [0.1, 0.15) is 17.0 Å². The quantitative estimate of drug-likeness (QED) is 0.477. The number of carbonyl (C=O) groups excluding carboxylic acids is 2. The van der Waals surface area contributed by atoms with Crippen LogP contribution >= 0.6 is 11.6 Å². The lowest BCUT2D eigenvalue weighted by molar-refractivity contribution is -0.148. The summed E-state index contributed by atoms with van der Waals surface area (Å²) in [7, 11) is -4.08. The summed E-state index contributed by atoms with van der Waals surface area (Å²) in [5.41, 5.74) is 0. The Kier molecular flexibility index (Phi) is 4.67. The standard InChI is InChI=1S/C14H9ClO7S/c15-8-1-3-9(4-2-8)23(20,21)12-5-6-22-13(12)10(16)7-11(17)14(18)19/h1-6H,7H2,(H,18,19). The minimum Gasteiger partial charge on any atom is -0.475 e. The molecule has 1 aromatic carbocycles. The van der Waals surface area contributed by atoms with E-state index in [0.717, 1.165) is 12.3 Å². The molecular formula is C14H9ClO7S. The van der Waals surface area contributed by atoms with Gasteiger partial charge in [0.1, 0.15) is 4.90 Å². The molecule has 0 unspecified atom stereocenters. The Bertz CT molecular complexity index is 878. The van der Waals surface area contributed by atoms with Gasteiger partial charge in [0.15, 0.2) is 5.76 Å². The van der Waals surface area contributed by atoms with Crippen LogP contribution < -0.4 is 0 Å². The summed E-state index contributed by atoms with van der Waals surface area (Å²) >= 11 is 5.69. The van der Waals surface area contributed by atoms with Crippen molar-refractivity contribution < 1.29 is 32.3 Å². The topological polar surface area (TPSA) is 119 Å². The number of Topliss-reactive ketones (excluding diaryl/α,β-unsaturated/α-hetero) is 2. The summed E-state index contributed by atoms with van der Waals surface area (Å²) in [5.74, 6) is -4.77. The number of hydrogen-bond donors (Lipinski definition) is 1. The second-order valence-electron chi connectivity index (χ2n) is 4.40. The van der Waals surface area contributed by atoms with Crippen molar-refractivity contribution in [3.63, 3.8) is 0 Å². The van der Waals surface area contributed by atoms with Gasteiger partial charge in [-0.25, -0.2) is 13.2 Å². The largest absolute Gasteiger partial charge is 0.475 e. The average Bonchev–Trinajstić information content (AvgIpc) is 2.97. The Morgan fingerprint density at radius 1 is 1.09 bits per heavy atom. The molecule has 1 aromatic heterocycles. The second-order valence-corrected chi connectivity index (χ2v) is 6.75. The van der Waals surface area contributed by atoms with Crippen LogP contribution in [0.4, 0.5) is 0 Å². The number of carboxylic acid groups (broad SMARTS) is 1. The molecule has 0 aliphatic rings. The van der Waals surface area contributed by atoms with Gasteiger partial charge in [-0.05, 0) is 30.3 Å². The Morgan fingerprint density at radius 2 is 1.70 bits per heavy atom. The zero-order valence-corrected chi connectivity index (χ0v) is 12.9. The maximum Gasteiger partial charge on any atom is 0.372 e. The Balaban J connectivity index is 2.40. The molecule has 0 saturated carbocycles. The molecule has 7 nitrogen and oxygen atoms in total. The molecule has 0 bridgehead atoms. The number of ketones is 2. The highest BCUT2D eigenvalue weighted by Crippen LogP contribution is 2.27. The van der Waals surface area contributed by atoms with Crippen LogP contribution in [0.3, 0.4) is 0 Å². The van der Waals surface area contributed by atoms with Crippen LogP contribution in [-0.2, 0) is 19.4 Å². The number of hydrogen-bond acceptors (Lipinski definition) is 6. The lowest BCUT2D eigenvalue weighted by Gasteiger charge is -2.04. The predicted molar refractivity (Wildman–Crippen MR) is 77.2 cm³/mol. The number of carbonyl (C=O) groups is 3. The second kappa shape index (κ2) is 6.35. The van der Waals surface area contributed by atoms with Crippen molar-refractivity contribution in [2.75, 3.05) is 0 Å².